The Morgan fingerprint density at radius 3 is 2.71 bits per heavy atom. The SMILES string of the molecule is CN1CCN(Cc2c(C(=O)O)oc3c(Cl)cccc23)CC1. The van der Waals surface area contributed by atoms with Crippen LogP contribution in [-0.2, 0) is 6.54 Å². The molecule has 112 valence electrons. The lowest BCUT2D eigenvalue weighted by atomic mass is 10.1. The van der Waals surface area contributed by atoms with Crippen LogP contribution in [0.3, 0.4) is 0 Å². The van der Waals surface area contributed by atoms with Crippen LogP contribution in [0.2, 0.25) is 5.02 Å². The van der Waals surface area contributed by atoms with E-state index >= 15 is 0 Å². The van der Waals surface area contributed by atoms with Gasteiger partial charge in [0.05, 0.1) is 5.02 Å². The number of likely N-dealkylation sites (N-methyl/N-ethyl adjacent to an activating group) is 1. The smallest absolute Gasteiger partial charge is 0.372 e. The molecule has 1 aromatic carbocycles. The lowest BCUT2D eigenvalue weighted by Crippen LogP contribution is -2.44. The largest absolute Gasteiger partial charge is 0.475 e. The van der Waals surface area contributed by atoms with Gasteiger partial charge in [-0.15, -0.1) is 0 Å². The van der Waals surface area contributed by atoms with Crippen LogP contribution in [-0.4, -0.2) is 54.1 Å². The first-order valence-corrected chi connectivity index (χ1v) is 7.28. The molecule has 2 aromatic rings. The van der Waals surface area contributed by atoms with Gasteiger partial charge >= 0.3 is 5.97 Å². The number of rotatable bonds is 3. The zero-order chi connectivity index (χ0) is 15.0. The first kappa shape index (κ1) is 14.4. The fraction of sp³-hybridized carbons (Fsp3) is 0.400. The first-order chi connectivity index (χ1) is 10.1. The number of benzene rings is 1. The molecule has 1 saturated heterocycles. The second-order valence-electron chi connectivity index (χ2n) is 5.41. The van der Waals surface area contributed by atoms with Crippen molar-refractivity contribution in [3.63, 3.8) is 0 Å². The highest BCUT2D eigenvalue weighted by Gasteiger charge is 2.24. The number of fused-ring (bicyclic) bond motifs is 1. The number of furan rings is 1. The van der Waals surface area contributed by atoms with Gasteiger partial charge in [-0.3, -0.25) is 4.90 Å². The average Bonchev–Trinajstić information content (AvgIpc) is 2.82. The van der Waals surface area contributed by atoms with Gasteiger partial charge in [0.2, 0.25) is 5.76 Å². The van der Waals surface area contributed by atoms with Gasteiger partial charge in [0.1, 0.15) is 0 Å². The van der Waals surface area contributed by atoms with Gasteiger partial charge in [-0.1, -0.05) is 23.7 Å². The quantitative estimate of drug-likeness (QED) is 0.944. The van der Waals surface area contributed by atoms with Gasteiger partial charge in [-0.2, -0.15) is 0 Å². The summed E-state index contributed by atoms with van der Waals surface area (Å²) in [5, 5.41) is 10.6. The molecule has 1 N–H and O–H groups in total. The predicted octanol–water partition coefficient (Wildman–Crippen LogP) is 2.53. The number of piperazine rings is 1. The summed E-state index contributed by atoms with van der Waals surface area (Å²) in [6, 6.07) is 5.39. The first-order valence-electron chi connectivity index (χ1n) is 6.90. The fourth-order valence-corrected chi connectivity index (χ4v) is 2.91. The van der Waals surface area contributed by atoms with E-state index in [0.717, 1.165) is 31.6 Å². The molecule has 0 saturated carbocycles. The van der Waals surface area contributed by atoms with E-state index in [4.69, 9.17) is 16.0 Å². The molecule has 1 aromatic heterocycles. The minimum absolute atomic E-state index is 0.00275. The lowest BCUT2D eigenvalue weighted by Gasteiger charge is -2.32. The van der Waals surface area contributed by atoms with Crippen LogP contribution in [0.25, 0.3) is 11.0 Å². The monoisotopic (exact) mass is 308 g/mol. The van der Waals surface area contributed by atoms with E-state index in [-0.39, 0.29) is 5.76 Å². The molecule has 0 atom stereocenters. The second kappa shape index (κ2) is 5.67. The number of carboxylic acids is 1. The molecule has 21 heavy (non-hydrogen) atoms. The van der Waals surface area contributed by atoms with E-state index in [0.29, 0.717) is 22.7 Å². The van der Waals surface area contributed by atoms with Crippen LogP contribution < -0.4 is 0 Å². The zero-order valence-corrected chi connectivity index (χ0v) is 12.6. The number of halogens is 1. The van der Waals surface area contributed by atoms with E-state index in [9.17, 15) is 9.90 Å². The molecule has 5 nitrogen and oxygen atoms in total. The highest BCUT2D eigenvalue weighted by atomic mass is 35.5. The topological polar surface area (TPSA) is 56.9 Å². The molecule has 0 amide bonds. The Balaban J connectivity index is 1.98. The Morgan fingerprint density at radius 2 is 2.05 bits per heavy atom. The second-order valence-corrected chi connectivity index (χ2v) is 5.82. The van der Waals surface area contributed by atoms with Gasteiger partial charge in [0, 0.05) is 43.7 Å². The molecular formula is C15H17ClN2O3. The maximum Gasteiger partial charge on any atom is 0.372 e. The summed E-state index contributed by atoms with van der Waals surface area (Å²) in [5.74, 6) is -1.05. The van der Waals surface area contributed by atoms with Gasteiger partial charge in [0.25, 0.3) is 0 Å². The van der Waals surface area contributed by atoms with Crippen molar-refractivity contribution >= 4 is 28.5 Å². The van der Waals surface area contributed by atoms with Gasteiger partial charge in [-0.25, -0.2) is 4.79 Å². The van der Waals surface area contributed by atoms with Crippen molar-refractivity contribution in [1.29, 1.82) is 0 Å². The van der Waals surface area contributed by atoms with E-state index in [1.54, 1.807) is 6.07 Å². The molecule has 3 rings (SSSR count). The molecule has 6 heteroatoms. The standard InChI is InChI=1S/C15H17ClN2O3/c1-17-5-7-18(8-6-17)9-11-10-3-2-4-12(16)13(10)21-14(11)15(19)20/h2-4H,5-9H2,1H3,(H,19,20). The normalized spacial score (nSPS) is 17.4. The summed E-state index contributed by atoms with van der Waals surface area (Å²) in [6.07, 6.45) is 0. The van der Waals surface area contributed by atoms with Crippen molar-refractivity contribution < 1.29 is 14.3 Å². The minimum Gasteiger partial charge on any atom is -0.475 e. The maximum atomic E-state index is 11.4. The summed E-state index contributed by atoms with van der Waals surface area (Å²) < 4.78 is 5.49. The third-order valence-corrected chi connectivity index (χ3v) is 4.24. The molecule has 1 aliphatic heterocycles. The van der Waals surface area contributed by atoms with Crippen LogP contribution in [0.5, 0.6) is 0 Å². The van der Waals surface area contributed by atoms with Gasteiger partial charge in [-0.05, 0) is 13.1 Å². The number of carboxylic acid groups (broad SMARTS) is 1. The van der Waals surface area contributed by atoms with Crippen molar-refractivity contribution in [2.45, 2.75) is 6.54 Å². The molecule has 1 fully saturated rings. The average molecular weight is 309 g/mol. The third-order valence-electron chi connectivity index (χ3n) is 3.94. The van der Waals surface area contributed by atoms with Crippen molar-refractivity contribution in [3.05, 3.63) is 34.5 Å². The Morgan fingerprint density at radius 1 is 1.33 bits per heavy atom. The van der Waals surface area contributed by atoms with Crippen molar-refractivity contribution in [2.75, 3.05) is 33.2 Å². The van der Waals surface area contributed by atoms with E-state index < -0.39 is 5.97 Å². The molecule has 2 heterocycles. The predicted molar refractivity (Wildman–Crippen MR) is 81.0 cm³/mol. The highest BCUT2D eigenvalue weighted by molar-refractivity contribution is 6.35. The lowest BCUT2D eigenvalue weighted by molar-refractivity contribution is 0.0660. The molecule has 0 aliphatic carbocycles. The molecule has 0 spiro atoms. The zero-order valence-electron chi connectivity index (χ0n) is 11.8. The number of hydrogen-bond donors (Lipinski definition) is 1. The number of aromatic carboxylic acids is 1. The van der Waals surface area contributed by atoms with Crippen LogP contribution in [0.1, 0.15) is 16.1 Å². The molecule has 0 unspecified atom stereocenters. The molecule has 0 bridgehead atoms. The van der Waals surface area contributed by atoms with Crippen molar-refractivity contribution in [2.24, 2.45) is 0 Å². The van der Waals surface area contributed by atoms with Crippen LogP contribution >= 0.6 is 11.6 Å². The van der Waals surface area contributed by atoms with E-state index in [1.165, 1.54) is 0 Å². The van der Waals surface area contributed by atoms with Crippen LogP contribution in [0, 0.1) is 0 Å². The number of carbonyl (C=O) groups is 1. The minimum atomic E-state index is -1.05. The van der Waals surface area contributed by atoms with Crippen molar-refractivity contribution in [3.8, 4) is 0 Å². The van der Waals surface area contributed by atoms with E-state index in [2.05, 4.69) is 16.8 Å². The van der Waals surface area contributed by atoms with Gasteiger partial charge < -0.3 is 14.4 Å². The third kappa shape index (κ3) is 2.77. The summed E-state index contributed by atoms with van der Waals surface area (Å²) in [4.78, 5) is 15.9. The number of para-hydroxylation sites is 1. The Bertz CT molecular complexity index is 675. The van der Waals surface area contributed by atoms with Gasteiger partial charge in [0.15, 0.2) is 5.58 Å². The molecule has 1 aliphatic rings. The summed E-state index contributed by atoms with van der Waals surface area (Å²) in [5.41, 5.74) is 1.17. The Labute approximate surface area is 127 Å². The van der Waals surface area contributed by atoms with Crippen LogP contribution in [0.4, 0.5) is 0 Å². The summed E-state index contributed by atoms with van der Waals surface area (Å²) in [7, 11) is 2.09. The molecule has 0 radical (unpaired) electrons. The molecular weight excluding hydrogens is 292 g/mol. The van der Waals surface area contributed by atoms with E-state index in [1.807, 2.05) is 12.1 Å². The maximum absolute atomic E-state index is 11.4. The number of nitrogens with zero attached hydrogens (tertiary/aromatic N) is 2. The van der Waals surface area contributed by atoms with Crippen LogP contribution in [0.15, 0.2) is 22.6 Å². The summed E-state index contributed by atoms with van der Waals surface area (Å²) >= 11 is 6.10. The Hall–Kier alpha value is -1.56. The fourth-order valence-electron chi connectivity index (χ4n) is 2.70. The highest BCUT2D eigenvalue weighted by Crippen LogP contribution is 2.32. The Kier molecular flexibility index (Phi) is 3.89. The van der Waals surface area contributed by atoms with Crippen molar-refractivity contribution in [1.82, 2.24) is 9.80 Å². The summed E-state index contributed by atoms with van der Waals surface area (Å²) in [6.45, 7) is 4.38. The number of hydrogen-bond acceptors (Lipinski definition) is 4.